The standard InChI is InChI=1S/C49H50N2O5/c1-9-32(10-2)33-14-13-15-36(28-33)50-45(52)42-27-25-40(30-44(42)46(50)53)56-38-22-18-35(19-23-38)48(6,7)34-16-20-37(21-17-34)55-39-24-26-41-31(5)51(47(54)43(41)29-39)49(8,11-3)12-4/h13-30,32H,5,9-12H2,1-4,6-8H3. The smallest absolute Gasteiger partial charge is 0.266 e. The van der Waals surface area contributed by atoms with E-state index in [1.54, 1.807) is 18.2 Å². The van der Waals surface area contributed by atoms with Crippen LogP contribution in [0.1, 0.15) is 133 Å². The predicted octanol–water partition coefficient (Wildman–Crippen LogP) is 12.3. The van der Waals surface area contributed by atoms with Gasteiger partial charge in [-0.1, -0.05) is 84.5 Å². The lowest BCUT2D eigenvalue weighted by molar-refractivity contribution is 0.0690. The second-order valence-electron chi connectivity index (χ2n) is 15.6. The van der Waals surface area contributed by atoms with Crippen LogP contribution in [0.4, 0.5) is 5.69 Å². The van der Waals surface area contributed by atoms with Crippen LogP contribution in [0.2, 0.25) is 0 Å². The van der Waals surface area contributed by atoms with Gasteiger partial charge < -0.3 is 14.4 Å². The fourth-order valence-corrected chi connectivity index (χ4v) is 8.03. The van der Waals surface area contributed by atoms with E-state index in [0.717, 1.165) is 53.6 Å². The molecule has 5 aromatic rings. The van der Waals surface area contributed by atoms with Crippen LogP contribution in [0, 0.1) is 0 Å². The molecule has 0 N–H and O–H groups in total. The van der Waals surface area contributed by atoms with Crippen molar-refractivity contribution in [1.29, 1.82) is 0 Å². The second-order valence-corrected chi connectivity index (χ2v) is 15.6. The van der Waals surface area contributed by atoms with Crippen molar-refractivity contribution >= 4 is 29.1 Å². The van der Waals surface area contributed by atoms with Gasteiger partial charge in [-0.05, 0) is 128 Å². The monoisotopic (exact) mass is 746 g/mol. The van der Waals surface area contributed by atoms with Gasteiger partial charge in [0, 0.05) is 22.2 Å². The molecule has 0 fully saturated rings. The van der Waals surface area contributed by atoms with Crippen LogP contribution in [0.5, 0.6) is 23.0 Å². The Hall–Kier alpha value is -5.95. The van der Waals surface area contributed by atoms with Crippen LogP contribution in [0.3, 0.4) is 0 Å². The number of fused-ring (bicyclic) bond motifs is 2. The van der Waals surface area contributed by atoms with Gasteiger partial charge in [0.1, 0.15) is 23.0 Å². The Morgan fingerprint density at radius 1 is 0.571 bits per heavy atom. The topological polar surface area (TPSA) is 76.1 Å². The van der Waals surface area contributed by atoms with Crippen molar-refractivity contribution in [2.75, 3.05) is 4.90 Å². The second kappa shape index (κ2) is 14.9. The minimum absolute atomic E-state index is 0.0324. The molecule has 56 heavy (non-hydrogen) atoms. The highest BCUT2D eigenvalue weighted by Gasteiger charge is 2.41. The van der Waals surface area contributed by atoms with E-state index in [2.05, 4.69) is 73.2 Å². The summed E-state index contributed by atoms with van der Waals surface area (Å²) in [4.78, 5) is 43.6. The van der Waals surface area contributed by atoms with Gasteiger partial charge in [0.05, 0.1) is 22.4 Å². The molecule has 2 heterocycles. The maximum atomic E-state index is 13.6. The van der Waals surface area contributed by atoms with E-state index < -0.39 is 0 Å². The average molecular weight is 747 g/mol. The summed E-state index contributed by atoms with van der Waals surface area (Å²) in [6.45, 7) is 19.2. The third-order valence-electron chi connectivity index (χ3n) is 12.1. The molecule has 0 saturated carbocycles. The maximum absolute atomic E-state index is 13.6. The summed E-state index contributed by atoms with van der Waals surface area (Å²) in [7, 11) is 0. The normalized spacial score (nSPS) is 14.1. The van der Waals surface area contributed by atoms with E-state index in [4.69, 9.17) is 9.47 Å². The fraction of sp³-hybridized carbons (Fsp3) is 0.286. The number of imide groups is 1. The molecule has 0 unspecified atom stereocenters. The molecule has 0 radical (unpaired) electrons. The number of carbonyl (C=O) groups is 3. The zero-order chi connectivity index (χ0) is 39.9. The predicted molar refractivity (Wildman–Crippen MR) is 223 cm³/mol. The first-order valence-electron chi connectivity index (χ1n) is 19.7. The molecule has 0 spiro atoms. The number of anilines is 1. The summed E-state index contributed by atoms with van der Waals surface area (Å²) in [6.07, 6.45) is 3.65. The van der Waals surface area contributed by atoms with Gasteiger partial charge in [-0.15, -0.1) is 0 Å². The van der Waals surface area contributed by atoms with Gasteiger partial charge in [-0.3, -0.25) is 14.4 Å². The number of hydrogen-bond donors (Lipinski definition) is 0. The highest BCUT2D eigenvalue weighted by molar-refractivity contribution is 6.34. The quantitative estimate of drug-likeness (QED) is 0.112. The van der Waals surface area contributed by atoms with Crippen molar-refractivity contribution < 1.29 is 23.9 Å². The molecule has 3 amide bonds. The molecule has 2 aliphatic heterocycles. The summed E-state index contributed by atoms with van der Waals surface area (Å²) >= 11 is 0. The van der Waals surface area contributed by atoms with Crippen LogP contribution in [-0.2, 0) is 5.41 Å². The summed E-state index contributed by atoms with van der Waals surface area (Å²) in [6, 6.07) is 34.4. The molecule has 0 aromatic heterocycles. The van der Waals surface area contributed by atoms with Crippen LogP contribution < -0.4 is 14.4 Å². The first-order valence-corrected chi connectivity index (χ1v) is 19.7. The minimum atomic E-state index is -0.349. The Balaban J connectivity index is 1.02. The minimum Gasteiger partial charge on any atom is -0.457 e. The number of hydrogen-bond acceptors (Lipinski definition) is 5. The van der Waals surface area contributed by atoms with Crippen molar-refractivity contribution in [2.45, 2.75) is 91.0 Å². The van der Waals surface area contributed by atoms with Crippen molar-refractivity contribution in [3.63, 3.8) is 0 Å². The number of ether oxygens (including phenoxy) is 2. The molecule has 7 nitrogen and oxygen atoms in total. The van der Waals surface area contributed by atoms with Crippen molar-refractivity contribution in [3.8, 4) is 23.0 Å². The number of amides is 3. The molecule has 0 atom stereocenters. The lowest BCUT2D eigenvalue weighted by atomic mass is 9.78. The summed E-state index contributed by atoms with van der Waals surface area (Å²) in [5.41, 5.74) is 6.20. The summed E-state index contributed by atoms with van der Waals surface area (Å²) in [5.74, 6) is 2.04. The molecule has 2 aliphatic rings. The Bertz CT molecular complexity index is 2330. The zero-order valence-corrected chi connectivity index (χ0v) is 33.4. The first kappa shape index (κ1) is 38.3. The molecule has 0 saturated heterocycles. The zero-order valence-electron chi connectivity index (χ0n) is 33.4. The largest absolute Gasteiger partial charge is 0.457 e. The fourth-order valence-electron chi connectivity index (χ4n) is 8.03. The van der Waals surface area contributed by atoms with Crippen molar-refractivity contribution in [1.82, 2.24) is 4.90 Å². The summed E-state index contributed by atoms with van der Waals surface area (Å²) in [5, 5.41) is 0. The van der Waals surface area contributed by atoms with Gasteiger partial charge in [0.25, 0.3) is 17.7 Å². The SMILES string of the molecule is C=C1c2ccc(Oc3ccc(C(C)(C)c4ccc(Oc5ccc6c(c5)C(=O)N(c5cccc(C(CC)CC)c5)C6=O)cc4)cc3)cc2C(=O)N1C(C)(CC)CC. The molecule has 0 aliphatic carbocycles. The first-order chi connectivity index (χ1) is 26.8. The van der Waals surface area contributed by atoms with Crippen LogP contribution in [0.15, 0.2) is 116 Å². The van der Waals surface area contributed by atoms with E-state index >= 15 is 0 Å². The van der Waals surface area contributed by atoms with Crippen LogP contribution in [-0.4, -0.2) is 28.2 Å². The lowest BCUT2D eigenvalue weighted by Crippen LogP contribution is -2.44. The van der Waals surface area contributed by atoms with Gasteiger partial charge in [-0.2, -0.15) is 0 Å². The highest BCUT2D eigenvalue weighted by atomic mass is 16.5. The molecule has 286 valence electrons. The van der Waals surface area contributed by atoms with Crippen molar-refractivity contribution in [3.05, 3.63) is 155 Å². The third-order valence-corrected chi connectivity index (χ3v) is 12.1. The van der Waals surface area contributed by atoms with Gasteiger partial charge in [0.15, 0.2) is 0 Å². The Morgan fingerprint density at radius 3 is 1.57 bits per heavy atom. The van der Waals surface area contributed by atoms with Gasteiger partial charge in [0.2, 0.25) is 0 Å². The highest BCUT2D eigenvalue weighted by Crippen LogP contribution is 2.42. The van der Waals surface area contributed by atoms with E-state index in [-0.39, 0.29) is 28.7 Å². The van der Waals surface area contributed by atoms with Crippen molar-refractivity contribution in [2.24, 2.45) is 0 Å². The van der Waals surface area contributed by atoms with E-state index in [1.807, 2.05) is 77.7 Å². The van der Waals surface area contributed by atoms with E-state index in [0.29, 0.717) is 51.3 Å². The lowest BCUT2D eigenvalue weighted by Gasteiger charge is -2.38. The van der Waals surface area contributed by atoms with Crippen LogP contribution in [0.25, 0.3) is 5.70 Å². The Kier molecular flexibility index (Phi) is 10.2. The summed E-state index contributed by atoms with van der Waals surface area (Å²) < 4.78 is 12.4. The van der Waals surface area contributed by atoms with Crippen LogP contribution >= 0.6 is 0 Å². The molecule has 7 rings (SSSR count). The number of nitrogens with zero attached hydrogens (tertiary/aromatic N) is 2. The maximum Gasteiger partial charge on any atom is 0.266 e. The number of carbonyl (C=O) groups excluding carboxylic acids is 3. The molecule has 7 heteroatoms. The molecular formula is C49H50N2O5. The molecular weight excluding hydrogens is 697 g/mol. The Morgan fingerprint density at radius 2 is 1.05 bits per heavy atom. The number of rotatable bonds is 13. The molecule has 5 aromatic carbocycles. The van der Waals surface area contributed by atoms with Gasteiger partial charge >= 0.3 is 0 Å². The van der Waals surface area contributed by atoms with E-state index in [1.165, 1.54) is 4.90 Å². The Labute approximate surface area is 330 Å². The van der Waals surface area contributed by atoms with Gasteiger partial charge in [-0.25, -0.2) is 4.90 Å². The molecule has 0 bridgehead atoms. The van der Waals surface area contributed by atoms with E-state index in [9.17, 15) is 14.4 Å². The number of benzene rings is 5. The average Bonchev–Trinajstić information content (AvgIpc) is 3.61. The third kappa shape index (κ3) is 6.69.